The quantitative estimate of drug-likeness (QED) is 0.753. The van der Waals surface area contributed by atoms with E-state index in [0.717, 1.165) is 11.1 Å². The summed E-state index contributed by atoms with van der Waals surface area (Å²) in [5, 5.41) is 11.6. The molecule has 2 atom stereocenters. The van der Waals surface area contributed by atoms with Gasteiger partial charge in [-0.25, -0.2) is 0 Å². The molecular weight excluding hydrogens is 304 g/mol. The second-order valence-corrected chi connectivity index (χ2v) is 7.18. The summed E-state index contributed by atoms with van der Waals surface area (Å²) in [7, 11) is 0. The summed E-state index contributed by atoms with van der Waals surface area (Å²) in [4.78, 5) is 0. The minimum atomic E-state index is -0.588. The van der Waals surface area contributed by atoms with E-state index in [4.69, 9.17) is 0 Å². The Balaban J connectivity index is 2.42. The van der Waals surface area contributed by atoms with Gasteiger partial charge < -0.3 is 5.11 Å². The third-order valence-corrected chi connectivity index (χ3v) is 5.55. The maximum absolute atomic E-state index is 11.6. The van der Waals surface area contributed by atoms with Crippen LogP contribution < -0.4 is 0 Å². The van der Waals surface area contributed by atoms with Gasteiger partial charge in [-0.3, -0.25) is 0 Å². The summed E-state index contributed by atoms with van der Waals surface area (Å²) in [5.74, 6) is 0. The van der Waals surface area contributed by atoms with Crippen LogP contribution in [0.3, 0.4) is 0 Å². The number of hydrogen-bond acceptors (Lipinski definition) is 1. The standard InChI is InChI=1S/C24H26O/c1-5-7-13-18(6-2)24(19-14-9-8-10-15-19)21-17-12-11-16-20(21)23(3,4)22(24)25/h5-17,22,25H,1H2,2-4H3/b13-7-,18-6+. The molecule has 0 saturated carbocycles. The lowest BCUT2D eigenvalue weighted by molar-refractivity contribution is 0.0730. The van der Waals surface area contributed by atoms with Crippen molar-refractivity contribution in [3.63, 3.8) is 0 Å². The fourth-order valence-electron chi connectivity index (χ4n) is 4.35. The van der Waals surface area contributed by atoms with Crippen LogP contribution in [0, 0.1) is 0 Å². The summed E-state index contributed by atoms with van der Waals surface area (Å²) in [6.07, 6.45) is 7.33. The Hall–Kier alpha value is -2.38. The van der Waals surface area contributed by atoms with Gasteiger partial charge in [0, 0.05) is 5.41 Å². The van der Waals surface area contributed by atoms with E-state index in [1.54, 1.807) is 6.08 Å². The van der Waals surface area contributed by atoms with Gasteiger partial charge >= 0.3 is 0 Å². The topological polar surface area (TPSA) is 20.2 Å². The van der Waals surface area contributed by atoms with Crippen LogP contribution in [0.5, 0.6) is 0 Å². The second-order valence-electron chi connectivity index (χ2n) is 7.18. The highest BCUT2D eigenvalue weighted by Crippen LogP contribution is 2.56. The van der Waals surface area contributed by atoms with Gasteiger partial charge in [-0.05, 0) is 29.2 Å². The Labute approximate surface area is 151 Å². The molecule has 2 unspecified atom stereocenters. The summed E-state index contributed by atoms with van der Waals surface area (Å²) in [6.45, 7) is 10.1. The van der Waals surface area contributed by atoms with E-state index in [2.05, 4.69) is 69.0 Å². The Kier molecular flexibility index (Phi) is 4.53. The monoisotopic (exact) mass is 330 g/mol. The maximum atomic E-state index is 11.6. The molecule has 1 heteroatoms. The van der Waals surface area contributed by atoms with E-state index in [0.29, 0.717) is 0 Å². The first-order valence-corrected chi connectivity index (χ1v) is 8.80. The summed E-state index contributed by atoms with van der Waals surface area (Å²) in [5.41, 5.74) is 3.66. The predicted octanol–water partition coefficient (Wildman–Crippen LogP) is 5.31. The summed E-state index contributed by atoms with van der Waals surface area (Å²) in [6, 6.07) is 18.8. The van der Waals surface area contributed by atoms with Crippen LogP contribution in [0.25, 0.3) is 0 Å². The zero-order valence-corrected chi connectivity index (χ0v) is 15.2. The molecule has 25 heavy (non-hydrogen) atoms. The van der Waals surface area contributed by atoms with Gasteiger partial charge in [0.2, 0.25) is 0 Å². The second kappa shape index (κ2) is 6.50. The van der Waals surface area contributed by atoms with Crippen molar-refractivity contribution in [3.8, 4) is 0 Å². The third kappa shape index (κ3) is 2.42. The van der Waals surface area contributed by atoms with Crippen LogP contribution in [0.1, 0.15) is 37.5 Å². The largest absolute Gasteiger partial charge is 0.391 e. The van der Waals surface area contributed by atoms with Crippen molar-refractivity contribution < 1.29 is 5.11 Å². The zero-order valence-electron chi connectivity index (χ0n) is 15.2. The number of aliphatic hydroxyl groups is 1. The van der Waals surface area contributed by atoms with Crippen LogP contribution in [0.2, 0.25) is 0 Å². The van der Waals surface area contributed by atoms with Gasteiger partial charge in [-0.1, -0.05) is 99.3 Å². The average molecular weight is 330 g/mol. The van der Waals surface area contributed by atoms with Gasteiger partial charge in [-0.2, -0.15) is 0 Å². The molecule has 0 bridgehead atoms. The lowest BCUT2D eigenvalue weighted by Gasteiger charge is -2.39. The van der Waals surface area contributed by atoms with Crippen LogP contribution >= 0.6 is 0 Å². The molecule has 0 aliphatic heterocycles. The molecule has 1 N–H and O–H groups in total. The molecule has 0 saturated heterocycles. The number of fused-ring (bicyclic) bond motifs is 1. The van der Waals surface area contributed by atoms with Crippen molar-refractivity contribution in [2.24, 2.45) is 0 Å². The highest BCUT2D eigenvalue weighted by atomic mass is 16.3. The molecule has 0 aromatic heterocycles. The molecule has 1 aliphatic rings. The molecule has 1 aliphatic carbocycles. The number of aliphatic hydroxyl groups excluding tert-OH is 1. The molecule has 2 aromatic carbocycles. The lowest BCUT2D eigenvalue weighted by atomic mass is 9.66. The molecule has 2 aromatic rings. The Morgan fingerprint density at radius 3 is 2.20 bits per heavy atom. The van der Waals surface area contributed by atoms with Crippen molar-refractivity contribution >= 4 is 0 Å². The molecule has 1 nitrogen and oxygen atoms in total. The van der Waals surface area contributed by atoms with E-state index in [1.165, 1.54) is 11.1 Å². The SMILES string of the molecule is C=C/C=C\C(=C/C)C1(c2ccccc2)c2ccccc2C(C)(C)C1O. The maximum Gasteiger partial charge on any atom is 0.0809 e. The van der Waals surface area contributed by atoms with E-state index in [9.17, 15) is 5.11 Å². The fraction of sp³-hybridized carbons (Fsp3) is 0.250. The van der Waals surface area contributed by atoms with E-state index in [1.807, 2.05) is 31.2 Å². The molecule has 0 amide bonds. The van der Waals surface area contributed by atoms with Crippen molar-refractivity contribution in [3.05, 3.63) is 108 Å². The smallest absolute Gasteiger partial charge is 0.0809 e. The number of benzene rings is 2. The van der Waals surface area contributed by atoms with E-state index < -0.39 is 11.5 Å². The third-order valence-electron chi connectivity index (χ3n) is 5.55. The van der Waals surface area contributed by atoms with Crippen LogP contribution in [0.15, 0.2) is 91.1 Å². The summed E-state index contributed by atoms with van der Waals surface area (Å²) >= 11 is 0. The van der Waals surface area contributed by atoms with Crippen molar-refractivity contribution in [1.29, 1.82) is 0 Å². The van der Waals surface area contributed by atoms with Gasteiger partial charge in [0.15, 0.2) is 0 Å². The summed E-state index contributed by atoms with van der Waals surface area (Å²) < 4.78 is 0. The first kappa shape index (κ1) is 17.4. The molecule has 0 heterocycles. The van der Waals surface area contributed by atoms with Gasteiger partial charge in [-0.15, -0.1) is 0 Å². The number of allylic oxidation sites excluding steroid dienone is 4. The fourth-order valence-corrected chi connectivity index (χ4v) is 4.35. The Morgan fingerprint density at radius 1 is 1.00 bits per heavy atom. The van der Waals surface area contributed by atoms with Crippen molar-refractivity contribution in [1.82, 2.24) is 0 Å². The molecule has 0 spiro atoms. The molecule has 0 radical (unpaired) electrons. The Bertz CT molecular complexity index is 826. The molecule has 3 rings (SSSR count). The van der Waals surface area contributed by atoms with Gasteiger partial charge in [0.05, 0.1) is 11.5 Å². The normalized spacial score (nSPS) is 25.1. The van der Waals surface area contributed by atoms with Crippen molar-refractivity contribution in [2.45, 2.75) is 37.7 Å². The van der Waals surface area contributed by atoms with Gasteiger partial charge in [0.1, 0.15) is 0 Å². The number of hydrogen-bond donors (Lipinski definition) is 1. The number of rotatable bonds is 4. The van der Waals surface area contributed by atoms with Crippen molar-refractivity contribution in [2.75, 3.05) is 0 Å². The van der Waals surface area contributed by atoms with E-state index >= 15 is 0 Å². The average Bonchev–Trinajstić information content (AvgIpc) is 2.82. The predicted molar refractivity (Wildman–Crippen MR) is 106 cm³/mol. The molecular formula is C24H26O. The lowest BCUT2D eigenvalue weighted by Crippen LogP contribution is -2.45. The first-order valence-electron chi connectivity index (χ1n) is 8.80. The molecule has 128 valence electrons. The van der Waals surface area contributed by atoms with E-state index in [-0.39, 0.29) is 5.41 Å². The highest BCUT2D eigenvalue weighted by molar-refractivity contribution is 5.63. The minimum absolute atomic E-state index is 0.345. The zero-order chi connectivity index (χ0) is 18.1. The highest BCUT2D eigenvalue weighted by Gasteiger charge is 2.57. The molecule has 0 fully saturated rings. The van der Waals surface area contributed by atoms with Crippen LogP contribution in [-0.2, 0) is 10.8 Å². The van der Waals surface area contributed by atoms with Crippen LogP contribution in [0.4, 0.5) is 0 Å². The van der Waals surface area contributed by atoms with Gasteiger partial charge in [0.25, 0.3) is 0 Å². The first-order chi connectivity index (χ1) is 12.0. The minimum Gasteiger partial charge on any atom is -0.391 e. The van der Waals surface area contributed by atoms with Crippen LogP contribution in [-0.4, -0.2) is 11.2 Å². The Morgan fingerprint density at radius 2 is 1.60 bits per heavy atom.